The van der Waals surface area contributed by atoms with Gasteiger partial charge in [-0.1, -0.05) is 35.1 Å². The second-order valence-electron chi connectivity index (χ2n) is 7.23. The van der Waals surface area contributed by atoms with Crippen LogP contribution in [-0.4, -0.2) is 31.9 Å². The summed E-state index contributed by atoms with van der Waals surface area (Å²) >= 11 is 7.31. The predicted octanol–water partition coefficient (Wildman–Crippen LogP) is 3.08. The molecule has 0 fully saturated rings. The summed E-state index contributed by atoms with van der Waals surface area (Å²) < 4.78 is 17.7. The van der Waals surface area contributed by atoms with E-state index in [1.165, 1.54) is 23.0 Å². The molecule has 1 aromatic heterocycles. The molecule has 0 spiro atoms. The maximum atomic E-state index is 13.6. The van der Waals surface area contributed by atoms with Crippen molar-refractivity contribution in [3.05, 3.63) is 89.6 Å². The molecule has 1 aliphatic rings. The summed E-state index contributed by atoms with van der Waals surface area (Å²) in [6.07, 6.45) is 1.75. The number of esters is 1. The Hall–Kier alpha value is -3.36. The topological polar surface area (TPSA) is 79.1 Å². The minimum atomic E-state index is -0.689. The van der Waals surface area contributed by atoms with Gasteiger partial charge >= 0.3 is 5.97 Å². The van der Waals surface area contributed by atoms with Gasteiger partial charge < -0.3 is 14.2 Å². The van der Waals surface area contributed by atoms with Gasteiger partial charge in [-0.15, -0.1) is 0 Å². The fourth-order valence-corrected chi connectivity index (χ4v) is 4.90. The Morgan fingerprint density at radius 2 is 1.85 bits per heavy atom. The summed E-state index contributed by atoms with van der Waals surface area (Å²) in [7, 11) is 4.44. The molecule has 7 nitrogen and oxygen atoms in total. The summed E-state index contributed by atoms with van der Waals surface area (Å²) in [6.45, 7) is 1.73. The van der Waals surface area contributed by atoms with Gasteiger partial charge in [-0.3, -0.25) is 9.36 Å². The Labute approximate surface area is 198 Å². The van der Waals surface area contributed by atoms with Crippen LogP contribution in [0.15, 0.2) is 63.5 Å². The highest BCUT2D eigenvalue weighted by molar-refractivity contribution is 7.07. The van der Waals surface area contributed by atoms with Crippen molar-refractivity contribution in [2.75, 3.05) is 21.3 Å². The fraction of sp³-hybridized carbons (Fsp3) is 0.208. The van der Waals surface area contributed by atoms with Crippen LogP contribution in [-0.2, 0) is 9.53 Å². The van der Waals surface area contributed by atoms with Crippen molar-refractivity contribution in [1.82, 2.24) is 4.57 Å². The number of benzene rings is 2. The molecule has 0 amide bonds. The zero-order valence-corrected chi connectivity index (χ0v) is 20.0. The third kappa shape index (κ3) is 4.19. The van der Waals surface area contributed by atoms with E-state index in [1.54, 1.807) is 63.6 Å². The van der Waals surface area contributed by atoms with Crippen LogP contribution in [0.1, 0.15) is 24.1 Å². The largest absolute Gasteiger partial charge is 0.497 e. The molecule has 0 N–H and O–H groups in total. The van der Waals surface area contributed by atoms with Gasteiger partial charge in [-0.2, -0.15) is 0 Å². The molecule has 0 aliphatic carbocycles. The Morgan fingerprint density at radius 1 is 1.12 bits per heavy atom. The first-order valence-corrected chi connectivity index (χ1v) is 11.2. The predicted molar refractivity (Wildman–Crippen MR) is 127 cm³/mol. The van der Waals surface area contributed by atoms with Crippen molar-refractivity contribution in [2.45, 2.75) is 13.0 Å². The highest BCUT2D eigenvalue weighted by Gasteiger charge is 2.33. The third-order valence-corrected chi connectivity index (χ3v) is 6.57. The summed E-state index contributed by atoms with van der Waals surface area (Å²) in [4.78, 5) is 31.3. The number of hydrogen-bond acceptors (Lipinski definition) is 7. The summed E-state index contributed by atoms with van der Waals surface area (Å²) in [5.74, 6) is 0.676. The standard InChI is InChI=1S/C24H21ClN2O5S/c1-13-20(23(29)32-4)21(14-5-8-16(25)9-6-14)27-22(28)19(33-24(27)26-13)11-15-7-10-17(30-2)12-18(15)31-3/h5-12,21H,1-4H3/b19-11-. The smallest absolute Gasteiger partial charge is 0.338 e. The molecule has 170 valence electrons. The number of hydrogen-bond donors (Lipinski definition) is 0. The first kappa shape index (κ1) is 22.8. The van der Waals surface area contributed by atoms with Crippen LogP contribution in [0.3, 0.4) is 0 Å². The van der Waals surface area contributed by atoms with E-state index in [4.69, 9.17) is 25.8 Å². The number of thiazole rings is 1. The lowest BCUT2D eigenvalue weighted by Gasteiger charge is -2.24. The van der Waals surface area contributed by atoms with Crippen molar-refractivity contribution >= 4 is 35.0 Å². The average molecular weight is 485 g/mol. The fourth-order valence-electron chi connectivity index (χ4n) is 3.73. The molecule has 0 saturated carbocycles. The average Bonchev–Trinajstić information content (AvgIpc) is 3.12. The molecule has 9 heteroatoms. The van der Waals surface area contributed by atoms with E-state index in [0.29, 0.717) is 37.1 Å². The summed E-state index contributed by atoms with van der Waals surface area (Å²) in [5.41, 5.74) is 1.97. The van der Waals surface area contributed by atoms with E-state index in [-0.39, 0.29) is 5.56 Å². The van der Waals surface area contributed by atoms with Gasteiger partial charge in [0.1, 0.15) is 11.5 Å². The Balaban J connectivity index is 1.96. The van der Waals surface area contributed by atoms with Crippen molar-refractivity contribution < 1.29 is 19.0 Å². The van der Waals surface area contributed by atoms with Gasteiger partial charge in [0.05, 0.1) is 43.2 Å². The van der Waals surface area contributed by atoms with Gasteiger partial charge in [0, 0.05) is 16.7 Å². The minimum absolute atomic E-state index is 0.273. The molecule has 0 radical (unpaired) electrons. The lowest BCUT2D eigenvalue weighted by atomic mass is 9.96. The molecule has 3 aromatic rings. The molecule has 4 rings (SSSR count). The Morgan fingerprint density at radius 3 is 2.48 bits per heavy atom. The van der Waals surface area contributed by atoms with E-state index in [0.717, 1.165) is 11.1 Å². The number of allylic oxidation sites excluding steroid dienone is 1. The summed E-state index contributed by atoms with van der Waals surface area (Å²) in [6, 6.07) is 11.7. The molecule has 2 heterocycles. The van der Waals surface area contributed by atoms with Crippen molar-refractivity contribution in [3.63, 3.8) is 0 Å². The number of fused-ring (bicyclic) bond motifs is 1. The number of carbonyl (C=O) groups is 1. The van der Waals surface area contributed by atoms with Crippen molar-refractivity contribution in [3.8, 4) is 11.5 Å². The lowest BCUT2D eigenvalue weighted by Crippen LogP contribution is -2.39. The van der Waals surface area contributed by atoms with Gasteiger partial charge in [0.15, 0.2) is 4.80 Å². The molecule has 0 saturated heterocycles. The van der Waals surface area contributed by atoms with Gasteiger partial charge in [0.25, 0.3) is 5.56 Å². The number of carbonyl (C=O) groups excluding carboxylic acids is 1. The van der Waals surface area contributed by atoms with Crippen LogP contribution < -0.4 is 24.4 Å². The molecular formula is C24H21ClN2O5S. The van der Waals surface area contributed by atoms with E-state index >= 15 is 0 Å². The van der Waals surface area contributed by atoms with Crippen LogP contribution in [0.2, 0.25) is 5.02 Å². The van der Waals surface area contributed by atoms with Gasteiger partial charge in [-0.05, 0) is 42.8 Å². The van der Waals surface area contributed by atoms with Crippen LogP contribution in [0.4, 0.5) is 0 Å². The van der Waals surface area contributed by atoms with Gasteiger partial charge in [-0.25, -0.2) is 9.79 Å². The second kappa shape index (κ2) is 9.25. The Kier molecular flexibility index (Phi) is 6.40. The number of ether oxygens (including phenoxy) is 3. The normalized spacial score (nSPS) is 15.7. The highest BCUT2D eigenvalue weighted by atomic mass is 35.5. The van der Waals surface area contributed by atoms with E-state index in [1.807, 2.05) is 6.07 Å². The molecule has 33 heavy (non-hydrogen) atoms. The quantitative estimate of drug-likeness (QED) is 0.520. The van der Waals surface area contributed by atoms with Crippen molar-refractivity contribution in [2.24, 2.45) is 4.99 Å². The summed E-state index contributed by atoms with van der Waals surface area (Å²) in [5, 5.41) is 0.554. The number of halogens is 1. The minimum Gasteiger partial charge on any atom is -0.497 e. The first-order valence-electron chi connectivity index (χ1n) is 9.96. The molecule has 1 aliphatic heterocycles. The lowest BCUT2D eigenvalue weighted by molar-refractivity contribution is -0.136. The SMILES string of the molecule is COC(=O)C1=C(C)N=c2s/c(=C\c3ccc(OC)cc3OC)c(=O)n2C1c1ccc(Cl)cc1. The molecule has 1 atom stereocenters. The second-order valence-corrected chi connectivity index (χ2v) is 8.68. The molecule has 0 bridgehead atoms. The molecule has 1 unspecified atom stereocenters. The zero-order chi connectivity index (χ0) is 23.7. The van der Waals surface area contributed by atoms with E-state index < -0.39 is 12.0 Å². The monoisotopic (exact) mass is 484 g/mol. The number of methoxy groups -OCH3 is 3. The number of aromatic nitrogens is 1. The van der Waals surface area contributed by atoms with E-state index in [9.17, 15) is 9.59 Å². The first-order chi connectivity index (χ1) is 15.9. The van der Waals surface area contributed by atoms with E-state index in [2.05, 4.69) is 4.99 Å². The van der Waals surface area contributed by atoms with Crippen molar-refractivity contribution in [1.29, 1.82) is 0 Å². The van der Waals surface area contributed by atoms with Gasteiger partial charge in [0.2, 0.25) is 0 Å². The number of nitrogens with zero attached hydrogens (tertiary/aromatic N) is 2. The van der Waals surface area contributed by atoms with Crippen LogP contribution >= 0.6 is 22.9 Å². The number of rotatable bonds is 5. The molecular weight excluding hydrogens is 464 g/mol. The highest BCUT2D eigenvalue weighted by Crippen LogP contribution is 2.31. The van der Waals surface area contributed by atoms with Crippen LogP contribution in [0.25, 0.3) is 6.08 Å². The third-order valence-electron chi connectivity index (χ3n) is 5.34. The Bertz CT molecular complexity index is 1440. The maximum Gasteiger partial charge on any atom is 0.338 e. The zero-order valence-electron chi connectivity index (χ0n) is 18.4. The molecule has 2 aromatic carbocycles. The van der Waals surface area contributed by atoms with Crippen LogP contribution in [0, 0.1) is 0 Å². The van der Waals surface area contributed by atoms with Crippen LogP contribution in [0.5, 0.6) is 11.5 Å². The maximum absolute atomic E-state index is 13.6.